The summed E-state index contributed by atoms with van der Waals surface area (Å²) in [5.74, 6) is 1.71. The monoisotopic (exact) mass is 351 g/mol. The zero-order valence-corrected chi connectivity index (χ0v) is 14.2. The standard InChI is InChI=1S/C17H19Cl2N3O/c18-14-8-12(16(23)9-15(14)19)7-11-3-5-22(6-4-11)17-2-1-13(20)10-21-17/h1-2,8-11,23H,3-7,20H2. The number of aromatic hydroxyl groups is 1. The predicted molar refractivity (Wildman–Crippen MR) is 95.4 cm³/mol. The third-order valence-corrected chi connectivity index (χ3v) is 5.06. The van der Waals surface area contributed by atoms with Gasteiger partial charge in [0.2, 0.25) is 0 Å². The molecule has 3 N–H and O–H groups in total. The van der Waals surface area contributed by atoms with Crippen LogP contribution in [0, 0.1) is 5.92 Å². The van der Waals surface area contributed by atoms with Gasteiger partial charge in [0, 0.05) is 19.2 Å². The third kappa shape index (κ3) is 3.82. The third-order valence-electron chi connectivity index (χ3n) is 4.34. The van der Waals surface area contributed by atoms with E-state index in [4.69, 9.17) is 28.9 Å². The minimum absolute atomic E-state index is 0.224. The van der Waals surface area contributed by atoms with Crippen molar-refractivity contribution in [2.24, 2.45) is 5.92 Å². The zero-order valence-electron chi connectivity index (χ0n) is 12.7. The molecular formula is C17H19Cl2N3O. The highest BCUT2D eigenvalue weighted by Gasteiger charge is 2.21. The van der Waals surface area contributed by atoms with Crippen molar-refractivity contribution in [2.45, 2.75) is 19.3 Å². The van der Waals surface area contributed by atoms with Gasteiger partial charge in [-0.05, 0) is 48.9 Å². The molecule has 0 radical (unpaired) electrons. The number of nitrogen functional groups attached to an aromatic ring is 1. The first-order valence-corrected chi connectivity index (χ1v) is 8.42. The first kappa shape index (κ1) is 16.2. The number of phenolic OH excluding ortho intramolecular Hbond substituents is 1. The van der Waals surface area contributed by atoms with Crippen LogP contribution >= 0.6 is 23.2 Å². The van der Waals surface area contributed by atoms with Crippen LogP contribution in [-0.2, 0) is 6.42 Å². The fourth-order valence-corrected chi connectivity index (χ4v) is 3.35. The first-order chi connectivity index (χ1) is 11.0. The summed E-state index contributed by atoms with van der Waals surface area (Å²) in [6.07, 6.45) is 4.60. The Morgan fingerprint density at radius 2 is 1.87 bits per heavy atom. The summed E-state index contributed by atoms with van der Waals surface area (Å²) in [7, 11) is 0. The van der Waals surface area contributed by atoms with Crippen LogP contribution in [0.3, 0.4) is 0 Å². The van der Waals surface area contributed by atoms with E-state index in [2.05, 4.69) is 9.88 Å². The molecule has 1 aliphatic heterocycles. The molecule has 0 amide bonds. The molecule has 0 spiro atoms. The number of hydrogen-bond donors (Lipinski definition) is 2. The fourth-order valence-electron chi connectivity index (χ4n) is 3.00. The number of pyridine rings is 1. The number of halogens is 2. The molecule has 0 bridgehead atoms. The van der Waals surface area contributed by atoms with Gasteiger partial charge in [-0.25, -0.2) is 4.98 Å². The van der Waals surface area contributed by atoms with Gasteiger partial charge in [-0.2, -0.15) is 0 Å². The maximum atomic E-state index is 10.0. The number of nitrogens with two attached hydrogens (primary N) is 1. The van der Waals surface area contributed by atoms with Crippen LogP contribution in [0.25, 0.3) is 0 Å². The number of aromatic nitrogens is 1. The highest BCUT2D eigenvalue weighted by molar-refractivity contribution is 6.42. The van der Waals surface area contributed by atoms with E-state index in [1.54, 1.807) is 12.3 Å². The maximum absolute atomic E-state index is 10.0. The lowest BCUT2D eigenvalue weighted by molar-refractivity contribution is 0.392. The Morgan fingerprint density at radius 3 is 2.52 bits per heavy atom. The Balaban J connectivity index is 1.61. The second kappa shape index (κ2) is 6.85. The highest BCUT2D eigenvalue weighted by Crippen LogP contribution is 2.33. The summed E-state index contributed by atoms with van der Waals surface area (Å²) >= 11 is 12.0. The summed E-state index contributed by atoms with van der Waals surface area (Å²) in [6.45, 7) is 1.90. The average Bonchev–Trinajstić information content (AvgIpc) is 2.54. The summed E-state index contributed by atoms with van der Waals surface area (Å²) in [5, 5.41) is 10.9. The van der Waals surface area contributed by atoms with E-state index in [-0.39, 0.29) is 5.75 Å². The minimum Gasteiger partial charge on any atom is -0.508 e. The Kier molecular flexibility index (Phi) is 4.83. The molecule has 0 saturated carbocycles. The van der Waals surface area contributed by atoms with Crippen molar-refractivity contribution in [2.75, 3.05) is 23.7 Å². The zero-order chi connectivity index (χ0) is 16.4. The molecular weight excluding hydrogens is 333 g/mol. The van der Waals surface area contributed by atoms with Gasteiger partial charge >= 0.3 is 0 Å². The summed E-state index contributed by atoms with van der Waals surface area (Å²) in [4.78, 5) is 6.64. The van der Waals surface area contributed by atoms with Gasteiger partial charge in [-0.1, -0.05) is 23.2 Å². The second-order valence-corrected chi connectivity index (χ2v) is 6.79. The summed E-state index contributed by atoms with van der Waals surface area (Å²) in [5.41, 5.74) is 7.22. The van der Waals surface area contributed by atoms with Gasteiger partial charge in [0.25, 0.3) is 0 Å². The number of piperidine rings is 1. The smallest absolute Gasteiger partial charge is 0.128 e. The van der Waals surface area contributed by atoms with Crippen LogP contribution in [0.4, 0.5) is 11.5 Å². The number of benzene rings is 1. The normalized spacial score (nSPS) is 15.8. The second-order valence-electron chi connectivity index (χ2n) is 5.98. The molecule has 2 heterocycles. The topological polar surface area (TPSA) is 62.4 Å². The molecule has 2 aromatic rings. The number of phenols is 1. The molecule has 6 heteroatoms. The van der Waals surface area contributed by atoms with Gasteiger partial charge < -0.3 is 15.7 Å². The van der Waals surface area contributed by atoms with Crippen LogP contribution in [0.5, 0.6) is 5.75 Å². The van der Waals surface area contributed by atoms with Crippen LogP contribution in [0.15, 0.2) is 30.5 Å². The van der Waals surface area contributed by atoms with Gasteiger partial charge in [0.05, 0.1) is 21.9 Å². The van der Waals surface area contributed by atoms with E-state index < -0.39 is 0 Å². The van der Waals surface area contributed by atoms with Crippen molar-refractivity contribution < 1.29 is 5.11 Å². The van der Waals surface area contributed by atoms with Crippen LogP contribution in [0.1, 0.15) is 18.4 Å². The summed E-state index contributed by atoms with van der Waals surface area (Å²) in [6, 6.07) is 7.13. The number of hydrogen-bond acceptors (Lipinski definition) is 4. The van der Waals surface area contributed by atoms with E-state index in [9.17, 15) is 5.11 Å². The van der Waals surface area contributed by atoms with E-state index >= 15 is 0 Å². The lowest BCUT2D eigenvalue weighted by atomic mass is 9.90. The molecule has 1 fully saturated rings. The molecule has 122 valence electrons. The number of anilines is 2. The van der Waals surface area contributed by atoms with Crippen LogP contribution < -0.4 is 10.6 Å². The molecule has 1 aliphatic rings. The number of nitrogens with zero attached hydrogens (tertiary/aromatic N) is 2. The molecule has 4 nitrogen and oxygen atoms in total. The molecule has 3 rings (SSSR count). The Bertz CT molecular complexity index is 683. The maximum Gasteiger partial charge on any atom is 0.128 e. The first-order valence-electron chi connectivity index (χ1n) is 7.66. The molecule has 23 heavy (non-hydrogen) atoms. The molecule has 0 aliphatic carbocycles. The van der Waals surface area contributed by atoms with Crippen LogP contribution in [0.2, 0.25) is 10.0 Å². The quantitative estimate of drug-likeness (QED) is 0.872. The predicted octanol–water partition coefficient (Wildman–Crippen LogP) is 4.14. The fraction of sp³-hybridized carbons (Fsp3) is 0.353. The van der Waals surface area contributed by atoms with Crippen molar-refractivity contribution in [3.05, 3.63) is 46.1 Å². The van der Waals surface area contributed by atoms with E-state index in [0.29, 0.717) is 21.7 Å². The Labute approximate surface area is 145 Å². The molecule has 1 aromatic heterocycles. The van der Waals surface area contributed by atoms with Crippen molar-refractivity contribution in [3.8, 4) is 5.75 Å². The van der Waals surface area contributed by atoms with Crippen LogP contribution in [-0.4, -0.2) is 23.2 Å². The SMILES string of the molecule is Nc1ccc(N2CCC(Cc3cc(Cl)c(Cl)cc3O)CC2)nc1. The Hall–Kier alpha value is -1.65. The van der Waals surface area contributed by atoms with E-state index in [1.807, 2.05) is 12.1 Å². The highest BCUT2D eigenvalue weighted by atomic mass is 35.5. The molecule has 1 aromatic carbocycles. The average molecular weight is 352 g/mol. The van der Waals surface area contributed by atoms with Gasteiger partial charge in [0.15, 0.2) is 0 Å². The van der Waals surface area contributed by atoms with Crippen molar-refractivity contribution in [1.82, 2.24) is 4.98 Å². The van der Waals surface area contributed by atoms with Crippen molar-refractivity contribution in [1.29, 1.82) is 0 Å². The van der Waals surface area contributed by atoms with Gasteiger partial charge in [0.1, 0.15) is 11.6 Å². The van der Waals surface area contributed by atoms with Gasteiger partial charge in [-0.3, -0.25) is 0 Å². The minimum atomic E-state index is 0.224. The molecule has 0 unspecified atom stereocenters. The Morgan fingerprint density at radius 1 is 1.17 bits per heavy atom. The van der Waals surface area contributed by atoms with Crippen molar-refractivity contribution >= 4 is 34.7 Å². The van der Waals surface area contributed by atoms with E-state index in [0.717, 1.165) is 43.7 Å². The molecule has 0 atom stereocenters. The summed E-state index contributed by atoms with van der Waals surface area (Å²) < 4.78 is 0. The molecule has 1 saturated heterocycles. The number of rotatable bonds is 3. The van der Waals surface area contributed by atoms with Crippen molar-refractivity contribution in [3.63, 3.8) is 0 Å². The largest absolute Gasteiger partial charge is 0.508 e. The lowest BCUT2D eigenvalue weighted by Crippen LogP contribution is -2.34. The lowest BCUT2D eigenvalue weighted by Gasteiger charge is -2.33. The van der Waals surface area contributed by atoms with Gasteiger partial charge in [-0.15, -0.1) is 0 Å². The van der Waals surface area contributed by atoms with E-state index in [1.165, 1.54) is 6.07 Å².